The van der Waals surface area contributed by atoms with Crippen molar-refractivity contribution in [3.63, 3.8) is 0 Å². The molecule has 0 saturated carbocycles. The van der Waals surface area contributed by atoms with Crippen molar-refractivity contribution in [1.82, 2.24) is 5.32 Å². The summed E-state index contributed by atoms with van der Waals surface area (Å²) in [5, 5.41) is 6.15. The highest BCUT2D eigenvalue weighted by molar-refractivity contribution is 6.39. The summed E-state index contributed by atoms with van der Waals surface area (Å²) < 4.78 is 0. The van der Waals surface area contributed by atoms with Gasteiger partial charge in [0, 0.05) is 0 Å². The SMILES string of the molecule is Cc1ccc(N2C(=O)NC(=O)/C(=C/c3c4ccccc4cc4ccccc34)C2=O)cc1. The smallest absolute Gasteiger partial charge is 0.273 e. The van der Waals surface area contributed by atoms with Gasteiger partial charge in [-0.3, -0.25) is 14.9 Å². The van der Waals surface area contributed by atoms with Crippen LogP contribution in [0.4, 0.5) is 10.5 Å². The first kappa shape index (κ1) is 18.8. The number of barbiturate groups is 1. The van der Waals surface area contributed by atoms with E-state index in [4.69, 9.17) is 0 Å². The molecule has 0 unspecified atom stereocenters. The molecule has 1 fully saturated rings. The molecule has 0 spiro atoms. The van der Waals surface area contributed by atoms with Gasteiger partial charge < -0.3 is 0 Å². The van der Waals surface area contributed by atoms with Gasteiger partial charge in [-0.2, -0.15) is 0 Å². The third kappa shape index (κ3) is 3.16. The lowest BCUT2D eigenvalue weighted by atomic mass is 9.94. The number of hydrogen-bond donors (Lipinski definition) is 1. The van der Waals surface area contributed by atoms with Gasteiger partial charge in [0.05, 0.1) is 5.69 Å². The number of carbonyl (C=O) groups is 3. The number of carbonyl (C=O) groups excluding carboxylic acids is 3. The molecule has 1 heterocycles. The standard InChI is InChI=1S/C26H18N2O3/c1-16-10-12-19(13-11-16)28-25(30)23(24(29)27-26(28)31)15-22-20-8-4-2-6-17(20)14-18-7-3-5-9-21(18)22/h2-15H,1H3,(H,27,29,31)/b23-15-. The Balaban J connectivity index is 1.71. The van der Waals surface area contributed by atoms with E-state index in [2.05, 4.69) is 11.4 Å². The number of nitrogens with zero attached hydrogens (tertiary/aromatic N) is 1. The van der Waals surface area contributed by atoms with Gasteiger partial charge in [-0.05, 0) is 58.3 Å². The lowest BCUT2D eigenvalue weighted by molar-refractivity contribution is -0.122. The Kier molecular flexibility index (Phi) is 4.37. The van der Waals surface area contributed by atoms with E-state index in [1.54, 1.807) is 18.2 Å². The summed E-state index contributed by atoms with van der Waals surface area (Å²) in [5.41, 5.74) is 2.10. The van der Waals surface area contributed by atoms with E-state index in [0.717, 1.165) is 37.6 Å². The highest BCUT2D eigenvalue weighted by atomic mass is 16.2. The monoisotopic (exact) mass is 406 g/mol. The van der Waals surface area contributed by atoms with Crippen LogP contribution in [-0.2, 0) is 9.59 Å². The lowest BCUT2D eigenvalue weighted by Gasteiger charge is -2.26. The maximum Gasteiger partial charge on any atom is 0.335 e. The number of rotatable bonds is 2. The number of amides is 4. The first-order chi connectivity index (χ1) is 15.0. The van der Waals surface area contributed by atoms with E-state index in [1.165, 1.54) is 0 Å². The number of aryl methyl sites for hydroxylation is 1. The molecule has 5 nitrogen and oxygen atoms in total. The maximum atomic E-state index is 13.3. The Morgan fingerprint density at radius 2 is 1.35 bits per heavy atom. The summed E-state index contributed by atoms with van der Waals surface area (Å²) in [6.07, 6.45) is 1.59. The van der Waals surface area contributed by atoms with Crippen LogP contribution in [0.2, 0.25) is 0 Å². The van der Waals surface area contributed by atoms with Crippen molar-refractivity contribution in [1.29, 1.82) is 0 Å². The minimum Gasteiger partial charge on any atom is -0.273 e. The zero-order valence-electron chi connectivity index (χ0n) is 16.8. The summed E-state index contributed by atoms with van der Waals surface area (Å²) in [7, 11) is 0. The Labute approximate surface area is 178 Å². The van der Waals surface area contributed by atoms with Gasteiger partial charge in [0.2, 0.25) is 0 Å². The molecule has 1 saturated heterocycles. The zero-order valence-corrected chi connectivity index (χ0v) is 16.8. The van der Waals surface area contributed by atoms with Crippen LogP contribution >= 0.6 is 0 Å². The minimum absolute atomic E-state index is 0.0818. The highest BCUT2D eigenvalue weighted by Crippen LogP contribution is 2.31. The van der Waals surface area contributed by atoms with Crippen LogP contribution in [0.1, 0.15) is 11.1 Å². The van der Waals surface area contributed by atoms with E-state index >= 15 is 0 Å². The Morgan fingerprint density at radius 3 is 1.97 bits per heavy atom. The van der Waals surface area contributed by atoms with E-state index in [-0.39, 0.29) is 5.57 Å². The second-order valence-electron chi connectivity index (χ2n) is 7.53. The summed E-state index contributed by atoms with van der Waals surface area (Å²) >= 11 is 0. The molecule has 0 radical (unpaired) electrons. The van der Waals surface area contributed by atoms with Crippen LogP contribution in [0.15, 0.2) is 84.4 Å². The molecule has 4 amide bonds. The van der Waals surface area contributed by atoms with Gasteiger partial charge in [-0.1, -0.05) is 66.2 Å². The van der Waals surface area contributed by atoms with Crippen molar-refractivity contribution in [2.24, 2.45) is 0 Å². The average Bonchev–Trinajstić information content (AvgIpc) is 2.77. The van der Waals surface area contributed by atoms with E-state index in [0.29, 0.717) is 5.69 Å². The molecule has 0 aromatic heterocycles. The van der Waals surface area contributed by atoms with Crippen LogP contribution in [0, 0.1) is 6.92 Å². The molecule has 5 heteroatoms. The van der Waals surface area contributed by atoms with Crippen molar-refractivity contribution < 1.29 is 14.4 Å². The summed E-state index contributed by atoms with van der Waals surface area (Å²) in [5.74, 6) is -1.34. The van der Waals surface area contributed by atoms with Crippen LogP contribution in [0.3, 0.4) is 0 Å². The van der Waals surface area contributed by atoms with Gasteiger partial charge in [0.15, 0.2) is 0 Å². The fraction of sp³-hybridized carbons (Fsp3) is 0.0385. The number of nitrogens with one attached hydrogen (secondary N) is 1. The molecule has 150 valence electrons. The number of urea groups is 1. The van der Waals surface area contributed by atoms with Crippen molar-refractivity contribution >= 4 is 51.2 Å². The molecule has 1 aliphatic heterocycles. The van der Waals surface area contributed by atoms with Crippen molar-refractivity contribution in [3.05, 3.63) is 95.6 Å². The molecule has 5 rings (SSSR count). The fourth-order valence-corrected chi connectivity index (χ4v) is 3.93. The van der Waals surface area contributed by atoms with Crippen LogP contribution < -0.4 is 10.2 Å². The lowest BCUT2D eigenvalue weighted by Crippen LogP contribution is -2.54. The van der Waals surface area contributed by atoms with E-state index in [1.807, 2.05) is 67.6 Å². The van der Waals surface area contributed by atoms with Gasteiger partial charge >= 0.3 is 6.03 Å². The quantitative estimate of drug-likeness (QED) is 0.290. The van der Waals surface area contributed by atoms with Gasteiger partial charge in [0.25, 0.3) is 11.8 Å². The minimum atomic E-state index is -0.751. The topological polar surface area (TPSA) is 66.5 Å². The van der Waals surface area contributed by atoms with Gasteiger partial charge in [0.1, 0.15) is 5.57 Å². The van der Waals surface area contributed by atoms with Crippen molar-refractivity contribution in [2.75, 3.05) is 4.90 Å². The Bertz CT molecular complexity index is 1360. The summed E-state index contributed by atoms with van der Waals surface area (Å²) in [6.45, 7) is 1.92. The molecule has 0 aliphatic carbocycles. The molecule has 4 aromatic carbocycles. The summed E-state index contributed by atoms with van der Waals surface area (Å²) in [6, 6.07) is 24.0. The van der Waals surface area contributed by atoms with E-state index < -0.39 is 17.8 Å². The number of fused-ring (bicyclic) bond motifs is 2. The number of hydrogen-bond acceptors (Lipinski definition) is 3. The molecule has 4 aromatic rings. The van der Waals surface area contributed by atoms with Crippen molar-refractivity contribution in [3.8, 4) is 0 Å². The van der Waals surface area contributed by atoms with Crippen LogP contribution in [-0.4, -0.2) is 17.8 Å². The summed E-state index contributed by atoms with van der Waals surface area (Å²) in [4.78, 5) is 39.4. The predicted octanol–water partition coefficient (Wildman–Crippen LogP) is 4.97. The Hall–Kier alpha value is -4.25. The third-order valence-electron chi connectivity index (χ3n) is 5.50. The fourth-order valence-electron chi connectivity index (χ4n) is 3.93. The van der Waals surface area contributed by atoms with Gasteiger partial charge in [-0.25, -0.2) is 9.69 Å². The molecule has 31 heavy (non-hydrogen) atoms. The third-order valence-corrected chi connectivity index (χ3v) is 5.50. The largest absolute Gasteiger partial charge is 0.335 e. The molecule has 0 bridgehead atoms. The Morgan fingerprint density at radius 1 is 0.774 bits per heavy atom. The molecular formula is C26H18N2O3. The molecule has 0 atom stereocenters. The molecule has 1 aliphatic rings. The molecule has 1 N–H and O–H groups in total. The van der Waals surface area contributed by atoms with E-state index in [9.17, 15) is 14.4 Å². The zero-order chi connectivity index (χ0) is 21.5. The van der Waals surface area contributed by atoms with Gasteiger partial charge in [-0.15, -0.1) is 0 Å². The first-order valence-corrected chi connectivity index (χ1v) is 9.91. The second kappa shape index (κ2) is 7.22. The second-order valence-corrected chi connectivity index (χ2v) is 7.53. The normalized spacial score (nSPS) is 15.7. The molecular weight excluding hydrogens is 388 g/mol. The van der Waals surface area contributed by atoms with Crippen LogP contribution in [0.5, 0.6) is 0 Å². The average molecular weight is 406 g/mol. The maximum absolute atomic E-state index is 13.3. The number of anilines is 1. The number of imide groups is 2. The first-order valence-electron chi connectivity index (χ1n) is 9.91. The number of benzene rings is 4. The highest BCUT2D eigenvalue weighted by Gasteiger charge is 2.37. The van der Waals surface area contributed by atoms with Crippen molar-refractivity contribution in [2.45, 2.75) is 6.92 Å². The van der Waals surface area contributed by atoms with Crippen LogP contribution in [0.25, 0.3) is 27.6 Å². The predicted molar refractivity (Wildman–Crippen MR) is 122 cm³/mol.